The van der Waals surface area contributed by atoms with E-state index in [-0.39, 0.29) is 23.2 Å². The number of nitrogens with one attached hydrogen (secondary N) is 2. The van der Waals surface area contributed by atoms with Gasteiger partial charge in [0.05, 0.1) is 11.7 Å². The van der Waals surface area contributed by atoms with Gasteiger partial charge in [-0.05, 0) is 36.8 Å². The molecule has 4 N–H and O–H groups in total. The van der Waals surface area contributed by atoms with Crippen molar-refractivity contribution in [2.24, 2.45) is 0 Å². The van der Waals surface area contributed by atoms with Gasteiger partial charge in [0.1, 0.15) is 11.3 Å². The first-order valence-corrected chi connectivity index (χ1v) is 9.45. The van der Waals surface area contributed by atoms with Gasteiger partial charge < -0.3 is 11.1 Å². The molecule has 1 aromatic carbocycles. The number of H-pyrrole nitrogens is 1. The molecular formula is C21H24FN7. The minimum atomic E-state index is -0.267. The predicted octanol–water partition coefficient (Wildman–Crippen LogP) is 4.31. The molecule has 4 rings (SSSR count). The van der Waals surface area contributed by atoms with Gasteiger partial charge in [-0.25, -0.2) is 8.91 Å². The molecule has 0 radical (unpaired) electrons. The second-order valence-corrected chi connectivity index (χ2v) is 8.18. The number of benzene rings is 1. The second-order valence-electron chi connectivity index (χ2n) is 8.18. The first-order valence-electron chi connectivity index (χ1n) is 9.45. The maximum atomic E-state index is 13.3. The number of hydrogen-bond donors (Lipinski definition) is 3. The molecule has 7 nitrogen and oxygen atoms in total. The summed E-state index contributed by atoms with van der Waals surface area (Å²) in [5, 5.41) is 15.3. The van der Waals surface area contributed by atoms with Crippen LogP contribution in [-0.2, 0) is 5.41 Å². The third-order valence-corrected chi connectivity index (χ3v) is 4.91. The van der Waals surface area contributed by atoms with Crippen molar-refractivity contribution in [3.05, 3.63) is 59.7 Å². The molecule has 0 aliphatic rings. The van der Waals surface area contributed by atoms with E-state index in [0.29, 0.717) is 5.82 Å². The van der Waals surface area contributed by atoms with Crippen LogP contribution in [0.3, 0.4) is 0 Å². The highest BCUT2D eigenvalue weighted by molar-refractivity contribution is 5.87. The highest BCUT2D eigenvalue weighted by atomic mass is 19.1. The molecule has 0 saturated carbocycles. The molecular weight excluding hydrogens is 369 g/mol. The lowest BCUT2D eigenvalue weighted by Crippen LogP contribution is -2.12. The lowest BCUT2D eigenvalue weighted by atomic mass is 9.92. The van der Waals surface area contributed by atoms with Crippen molar-refractivity contribution in [1.29, 1.82) is 0 Å². The molecule has 0 amide bonds. The first kappa shape index (κ1) is 18.9. The van der Waals surface area contributed by atoms with Crippen molar-refractivity contribution < 1.29 is 4.39 Å². The Kier molecular flexibility index (Phi) is 4.49. The van der Waals surface area contributed by atoms with Gasteiger partial charge in [0.25, 0.3) is 0 Å². The van der Waals surface area contributed by atoms with Gasteiger partial charge in [-0.3, -0.25) is 5.10 Å². The van der Waals surface area contributed by atoms with Crippen LogP contribution in [0.25, 0.3) is 16.8 Å². The maximum Gasteiger partial charge on any atom is 0.240 e. The molecule has 3 heterocycles. The molecule has 4 aromatic rings. The van der Waals surface area contributed by atoms with E-state index in [9.17, 15) is 4.39 Å². The minimum absolute atomic E-state index is 0.0418. The van der Waals surface area contributed by atoms with Crippen molar-refractivity contribution in [2.75, 3.05) is 11.1 Å². The fourth-order valence-corrected chi connectivity index (χ4v) is 3.23. The van der Waals surface area contributed by atoms with Crippen LogP contribution >= 0.6 is 0 Å². The SMILES string of the molecule is C[C@H](Nc1nc(N)nn2ccc(-c3cc(C(C)(C)C)[nH]n3)c12)c1ccc(F)cc1. The number of anilines is 2. The highest BCUT2D eigenvalue weighted by Gasteiger charge is 2.21. The van der Waals surface area contributed by atoms with E-state index in [1.54, 1.807) is 16.6 Å². The van der Waals surface area contributed by atoms with Gasteiger partial charge >= 0.3 is 0 Å². The van der Waals surface area contributed by atoms with Crippen molar-refractivity contribution in [1.82, 2.24) is 24.8 Å². The summed E-state index contributed by atoms with van der Waals surface area (Å²) in [7, 11) is 0. The van der Waals surface area contributed by atoms with Crippen LogP contribution in [0.15, 0.2) is 42.6 Å². The van der Waals surface area contributed by atoms with E-state index in [1.165, 1.54) is 12.1 Å². The van der Waals surface area contributed by atoms with Crippen LogP contribution < -0.4 is 11.1 Å². The topological polar surface area (TPSA) is 96.9 Å². The van der Waals surface area contributed by atoms with E-state index in [4.69, 9.17) is 5.73 Å². The van der Waals surface area contributed by atoms with E-state index in [2.05, 4.69) is 46.4 Å². The Balaban J connectivity index is 1.77. The second kappa shape index (κ2) is 6.88. The molecule has 0 unspecified atom stereocenters. The van der Waals surface area contributed by atoms with Crippen LogP contribution in [0, 0.1) is 5.82 Å². The quantitative estimate of drug-likeness (QED) is 0.480. The zero-order valence-electron chi connectivity index (χ0n) is 16.9. The number of nitrogen functional groups attached to an aromatic ring is 1. The largest absolute Gasteiger partial charge is 0.366 e. The molecule has 0 spiro atoms. The summed E-state index contributed by atoms with van der Waals surface area (Å²) in [5.41, 5.74) is 10.3. The molecule has 0 aliphatic carbocycles. The molecule has 29 heavy (non-hydrogen) atoms. The molecule has 0 saturated heterocycles. The first-order chi connectivity index (χ1) is 13.7. The van der Waals surface area contributed by atoms with Gasteiger partial charge in [0, 0.05) is 22.9 Å². The summed E-state index contributed by atoms with van der Waals surface area (Å²) in [6.45, 7) is 8.37. The van der Waals surface area contributed by atoms with Crippen LogP contribution in [0.4, 0.5) is 16.2 Å². The normalized spacial score (nSPS) is 13.0. The standard InChI is InChI=1S/C21H24FN7/c1-12(13-5-7-14(22)8-6-13)24-19-18-15(9-10-29(18)28-20(23)25-19)16-11-17(27-26-16)21(2,3)4/h5-12H,1-4H3,(H,26,27)(H3,23,24,25,28)/t12-/m0/s1. The van der Waals surface area contributed by atoms with Crippen LogP contribution in [-0.4, -0.2) is 24.8 Å². The molecule has 1 atom stereocenters. The number of aromatic nitrogens is 5. The minimum Gasteiger partial charge on any atom is -0.366 e. The molecule has 150 valence electrons. The smallest absolute Gasteiger partial charge is 0.240 e. The maximum absolute atomic E-state index is 13.3. The number of nitrogens with two attached hydrogens (primary N) is 1. The predicted molar refractivity (Wildman–Crippen MR) is 112 cm³/mol. The third kappa shape index (κ3) is 3.65. The zero-order chi connectivity index (χ0) is 20.8. The van der Waals surface area contributed by atoms with Crippen molar-refractivity contribution >= 4 is 17.3 Å². The molecule has 3 aromatic heterocycles. The van der Waals surface area contributed by atoms with E-state index >= 15 is 0 Å². The number of fused-ring (bicyclic) bond motifs is 1. The molecule has 0 bridgehead atoms. The summed E-state index contributed by atoms with van der Waals surface area (Å²) in [4.78, 5) is 4.42. The fourth-order valence-electron chi connectivity index (χ4n) is 3.23. The van der Waals surface area contributed by atoms with Gasteiger partial charge in [-0.15, -0.1) is 5.10 Å². The van der Waals surface area contributed by atoms with Crippen LogP contribution in [0.2, 0.25) is 0 Å². The van der Waals surface area contributed by atoms with E-state index in [0.717, 1.165) is 28.0 Å². The highest BCUT2D eigenvalue weighted by Crippen LogP contribution is 2.32. The number of aromatic amines is 1. The van der Waals surface area contributed by atoms with Gasteiger partial charge in [0.2, 0.25) is 5.95 Å². The van der Waals surface area contributed by atoms with Crippen LogP contribution in [0.5, 0.6) is 0 Å². The van der Waals surface area contributed by atoms with Gasteiger partial charge in [-0.2, -0.15) is 10.1 Å². The van der Waals surface area contributed by atoms with Crippen molar-refractivity contribution in [3.8, 4) is 11.3 Å². The number of rotatable bonds is 4. The lowest BCUT2D eigenvalue weighted by molar-refractivity contribution is 0.567. The summed E-state index contributed by atoms with van der Waals surface area (Å²) < 4.78 is 14.9. The van der Waals surface area contributed by atoms with Gasteiger partial charge in [0.15, 0.2) is 5.82 Å². The summed E-state index contributed by atoms with van der Waals surface area (Å²) in [5.74, 6) is 0.484. The monoisotopic (exact) mass is 393 g/mol. The Morgan fingerprint density at radius 2 is 1.90 bits per heavy atom. The molecule has 0 fully saturated rings. The van der Waals surface area contributed by atoms with E-state index in [1.807, 2.05) is 25.3 Å². The third-order valence-electron chi connectivity index (χ3n) is 4.91. The Morgan fingerprint density at radius 1 is 1.17 bits per heavy atom. The Hall–Kier alpha value is -3.42. The fraction of sp³-hybridized carbons (Fsp3) is 0.286. The van der Waals surface area contributed by atoms with Crippen molar-refractivity contribution in [2.45, 2.75) is 39.2 Å². The Bertz CT molecular complexity index is 1150. The summed E-state index contributed by atoms with van der Waals surface area (Å²) in [6.07, 6.45) is 1.84. The zero-order valence-corrected chi connectivity index (χ0v) is 16.9. The molecule has 0 aliphatic heterocycles. The molecule has 8 heteroatoms. The number of nitrogens with zero attached hydrogens (tertiary/aromatic N) is 4. The lowest BCUT2D eigenvalue weighted by Gasteiger charge is -2.16. The van der Waals surface area contributed by atoms with Gasteiger partial charge in [-0.1, -0.05) is 32.9 Å². The Labute approximate surface area is 168 Å². The van der Waals surface area contributed by atoms with Crippen molar-refractivity contribution in [3.63, 3.8) is 0 Å². The summed E-state index contributed by atoms with van der Waals surface area (Å²) in [6, 6.07) is 10.3. The summed E-state index contributed by atoms with van der Waals surface area (Å²) >= 11 is 0. The van der Waals surface area contributed by atoms with Crippen LogP contribution in [0.1, 0.15) is 45.0 Å². The number of hydrogen-bond acceptors (Lipinski definition) is 5. The Morgan fingerprint density at radius 3 is 2.55 bits per heavy atom. The average molecular weight is 393 g/mol. The average Bonchev–Trinajstić information content (AvgIpc) is 3.28. The number of halogens is 1. The van der Waals surface area contributed by atoms with E-state index < -0.39 is 0 Å².